The molecule has 1 aromatic rings. The second-order valence-electron chi connectivity index (χ2n) is 4.39. The molecule has 0 N–H and O–H groups in total. The Hall–Kier alpha value is -1.02. The third-order valence-electron chi connectivity index (χ3n) is 3.15. The van der Waals surface area contributed by atoms with E-state index in [1.54, 1.807) is 0 Å². The number of hydrogen-bond acceptors (Lipinski definition) is 1. The topological polar surface area (TPSA) is 20.3 Å². The van der Waals surface area contributed by atoms with Crippen molar-refractivity contribution in [2.75, 3.05) is 19.5 Å². The molecular weight excluding hydrogens is 222 g/mol. The Bertz CT molecular complexity index is 391. The summed E-state index contributed by atoms with van der Waals surface area (Å²) in [4.78, 5) is 13.9. The van der Waals surface area contributed by atoms with E-state index in [1.807, 2.05) is 36.2 Å². The number of carbonyl (C=O) groups excluding carboxylic acids is 1. The second-order valence-corrected chi connectivity index (χ2v) is 4.77. The van der Waals surface area contributed by atoms with Crippen molar-refractivity contribution in [1.82, 2.24) is 4.90 Å². The second kappa shape index (κ2) is 4.88. The molecule has 16 heavy (non-hydrogen) atoms. The quantitative estimate of drug-likeness (QED) is 0.724. The van der Waals surface area contributed by atoms with Gasteiger partial charge in [0, 0.05) is 25.0 Å². The van der Waals surface area contributed by atoms with Crippen molar-refractivity contribution < 1.29 is 4.79 Å². The summed E-state index contributed by atoms with van der Waals surface area (Å²) in [6.07, 6.45) is 1.92. The lowest BCUT2D eigenvalue weighted by Crippen LogP contribution is -2.29. The largest absolute Gasteiger partial charge is 0.341 e. The minimum atomic E-state index is 0.132. The first-order valence-electron chi connectivity index (χ1n) is 5.61. The summed E-state index contributed by atoms with van der Waals surface area (Å²) in [6, 6.07) is 7.88. The number of halogens is 1. The van der Waals surface area contributed by atoms with E-state index in [9.17, 15) is 4.79 Å². The highest BCUT2D eigenvalue weighted by atomic mass is 35.5. The molecule has 3 heteroatoms. The average molecular weight is 238 g/mol. The first-order valence-corrected chi connectivity index (χ1v) is 6.15. The minimum absolute atomic E-state index is 0.132. The van der Waals surface area contributed by atoms with Gasteiger partial charge in [-0.1, -0.05) is 18.2 Å². The van der Waals surface area contributed by atoms with E-state index < -0.39 is 0 Å². The number of hydrogen-bond donors (Lipinski definition) is 0. The fourth-order valence-electron chi connectivity index (χ4n) is 2.31. The number of fused-ring (bicyclic) bond motifs is 1. The molecule has 0 fully saturated rings. The number of rotatable bonds is 2. The molecule has 0 bridgehead atoms. The Balaban J connectivity index is 2.32. The molecule has 1 amide bonds. The maximum atomic E-state index is 12.1. The van der Waals surface area contributed by atoms with Crippen molar-refractivity contribution in [1.29, 1.82) is 0 Å². The molecule has 1 unspecified atom stereocenters. The van der Waals surface area contributed by atoms with Gasteiger partial charge < -0.3 is 4.90 Å². The van der Waals surface area contributed by atoms with Crippen LogP contribution in [-0.2, 0) is 6.42 Å². The molecule has 0 saturated heterocycles. The highest BCUT2D eigenvalue weighted by Gasteiger charge is 2.24. The standard InChI is InChI=1S/C13H16ClNO/c1-15-9-10(6-7-14)8-11-4-2-3-5-12(11)13(15)16/h2-5,10H,6-9H2,1H3. The zero-order valence-corrected chi connectivity index (χ0v) is 10.2. The van der Waals surface area contributed by atoms with Gasteiger partial charge in [0.25, 0.3) is 5.91 Å². The summed E-state index contributed by atoms with van der Waals surface area (Å²) in [5.41, 5.74) is 2.01. The van der Waals surface area contributed by atoms with E-state index in [1.165, 1.54) is 0 Å². The van der Waals surface area contributed by atoms with Crippen LogP contribution in [0.5, 0.6) is 0 Å². The van der Waals surface area contributed by atoms with Crippen molar-refractivity contribution in [3.05, 3.63) is 35.4 Å². The van der Waals surface area contributed by atoms with E-state index in [-0.39, 0.29) is 5.91 Å². The van der Waals surface area contributed by atoms with E-state index in [2.05, 4.69) is 0 Å². The zero-order chi connectivity index (χ0) is 11.5. The van der Waals surface area contributed by atoms with Crippen LogP contribution in [0.25, 0.3) is 0 Å². The van der Waals surface area contributed by atoms with E-state index in [4.69, 9.17) is 11.6 Å². The molecule has 1 atom stereocenters. The molecular formula is C13H16ClNO. The van der Waals surface area contributed by atoms with Gasteiger partial charge in [-0.25, -0.2) is 0 Å². The lowest BCUT2D eigenvalue weighted by atomic mass is 9.95. The Labute approximate surface area is 101 Å². The predicted octanol–water partition coefficient (Wildman–Crippen LogP) is 2.56. The van der Waals surface area contributed by atoms with E-state index in [0.29, 0.717) is 11.8 Å². The van der Waals surface area contributed by atoms with Crippen LogP contribution >= 0.6 is 11.6 Å². The fraction of sp³-hybridized carbons (Fsp3) is 0.462. The van der Waals surface area contributed by atoms with Crippen LogP contribution < -0.4 is 0 Å². The summed E-state index contributed by atoms with van der Waals surface area (Å²) < 4.78 is 0. The Kier molecular flexibility index (Phi) is 3.49. The van der Waals surface area contributed by atoms with Crippen molar-refractivity contribution in [3.63, 3.8) is 0 Å². The molecule has 0 aliphatic carbocycles. The molecule has 0 radical (unpaired) electrons. The van der Waals surface area contributed by atoms with Crippen molar-refractivity contribution in [2.24, 2.45) is 5.92 Å². The predicted molar refractivity (Wildman–Crippen MR) is 65.9 cm³/mol. The molecule has 1 aliphatic heterocycles. The molecule has 0 spiro atoms. The van der Waals surface area contributed by atoms with Crippen LogP contribution in [0.3, 0.4) is 0 Å². The van der Waals surface area contributed by atoms with Gasteiger partial charge in [0.2, 0.25) is 0 Å². The monoisotopic (exact) mass is 237 g/mol. The highest BCUT2D eigenvalue weighted by molar-refractivity contribution is 6.17. The first kappa shape index (κ1) is 11.5. The van der Waals surface area contributed by atoms with Crippen molar-refractivity contribution in [3.8, 4) is 0 Å². The van der Waals surface area contributed by atoms with Crippen LogP contribution in [0, 0.1) is 5.92 Å². The number of carbonyl (C=O) groups is 1. The van der Waals surface area contributed by atoms with Gasteiger partial charge >= 0.3 is 0 Å². The number of nitrogens with zero attached hydrogens (tertiary/aromatic N) is 1. The fourth-order valence-corrected chi connectivity index (χ4v) is 2.61. The number of benzene rings is 1. The van der Waals surface area contributed by atoms with Gasteiger partial charge in [0.05, 0.1) is 0 Å². The van der Waals surface area contributed by atoms with E-state index >= 15 is 0 Å². The minimum Gasteiger partial charge on any atom is -0.341 e. The maximum Gasteiger partial charge on any atom is 0.253 e. The summed E-state index contributed by atoms with van der Waals surface area (Å²) in [7, 11) is 1.87. The SMILES string of the molecule is CN1CC(CCCl)Cc2ccccc2C1=O. The van der Waals surface area contributed by atoms with Crippen LogP contribution in [0.4, 0.5) is 0 Å². The van der Waals surface area contributed by atoms with Gasteiger partial charge in [0.15, 0.2) is 0 Å². The normalized spacial score (nSPS) is 20.5. The molecule has 1 aromatic carbocycles. The molecule has 0 saturated carbocycles. The van der Waals surface area contributed by atoms with Gasteiger partial charge in [-0.2, -0.15) is 0 Å². The van der Waals surface area contributed by atoms with Crippen LogP contribution in [0.2, 0.25) is 0 Å². The molecule has 0 aromatic heterocycles. The van der Waals surface area contributed by atoms with Crippen LogP contribution in [0.15, 0.2) is 24.3 Å². The molecule has 86 valence electrons. The Morgan fingerprint density at radius 2 is 2.19 bits per heavy atom. The third-order valence-corrected chi connectivity index (χ3v) is 3.37. The highest BCUT2D eigenvalue weighted by Crippen LogP contribution is 2.23. The zero-order valence-electron chi connectivity index (χ0n) is 9.45. The number of alkyl halides is 1. The van der Waals surface area contributed by atoms with Crippen LogP contribution in [0.1, 0.15) is 22.3 Å². The smallest absolute Gasteiger partial charge is 0.253 e. The Morgan fingerprint density at radius 1 is 1.44 bits per heavy atom. The van der Waals surface area contributed by atoms with Gasteiger partial charge in [-0.05, 0) is 30.4 Å². The number of amides is 1. The molecule has 2 nitrogen and oxygen atoms in total. The van der Waals surface area contributed by atoms with E-state index in [0.717, 1.165) is 30.5 Å². The summed E-state index contributed by atoms with van der Waals surface area (Å²) >= 11 is 5.80. The Morgan fingerprint density at radius 3 is 2.94 bits per heavy atom. The maximum absolute atomic E-state index is 12.1. The first-order chi connectivity index (χ1) is 7.72. The lowest BCUT2D eigenvalue weighted by Gasteiger charge is -2.19. The summed E-state index contributed by atoms with van der Waals surface area (Å²) in [5, 5.41) is 0. The molecule has 1 heterocycles. The van der Waals surface area contributed by atoms with Crippen molar-refractivity contribution in [2.45, 2.75) is 12.8 Å². The van der Waals surface area contributed by atoms with Gasteiger partial charge in [0.1, 0.15) is 0 Å². The lowest BCUT2D eigenvalue weighted by molar-refractivity contribution is 0.0782. The summed E-state index contributed by atoms with van der Waals surface area (Å²) in [6.45, 7) is 0.806. The summed E-state index contributed by atoms with van der Waals surface area (Å²) in [5.74, 6) is 1.28. The molecule has 2 rings (SSSR count). The van der Waals surface area contributed by atoms with Gasteiger partial charge in [-0.3, -0.25) is 4.79 Å². The van der Waals surface area contributed by atoms with Crippen molar-refractivity contribution >= 4 is 17.5 Å². The molecule has 1 aliphatic rings. The third kappa shape index (κ3) is 2.22. The van der Waals surface area contributed by atoms with Crippen LogP contribution in [-0.4, -0.2) is 30.3 Å². The average Bonchev–Trinajstić information content (AvgIpc) is 2.39. The van der Waals surface area contributed by atoms with Gasteiger partial charge in [-0.15, -0.1) is 11.6 Å².